The highest BCUT2D eigenvalue weighted by atomic mass is 19.1. The number of ether oxygens (including phenoxy) is 2. The van der Waals surface area contributed by atoms with Gasteiger partial charge in [0, 0.05) is 36.3 Å². The predicted octanol–water partition coefficient (Wildman–Crippen LogP) is 4.57. The molecule has 0 unspecified atom stereocenters. The number of nitrogens with one attached hydrogen (secondary N) is 1. The van der Waals surface area contributed by atoms with E-state index in [1.807, 2.05) is 6.07 Å². The van der Waals surface area contributed by atoms with Crippen LogP contribution >= 0.6 is 0 Å². The number of pyridine rings is 3. The summed E-state index contributed by atoms with van der Waals surface area (Å²) < 4.78 is 41.7. The van der Waals surface area contributed by atoms with Gasteiger partial charge < -0.3 is 19.4 Å². The van der Waals surface area contributed by atoms with Gasteiger partial charge in [0.2, 0.25) is 5.88 Å². The van der Waals surface area contributed by atoms with Gasteiger partial charge in [0.05, 0.1) is 42.1 Å². The summed E-state index contributed by atoms with van der Waals surface area (Å²) in [4.78, 5) is 21.5. The quantitative estimate of drug-likeness (QED) is 0.385. The fourth-order valence-electron chi connectivity index (χ4n) is 6.01. The molecule has 3 aromatic heterocycles. The van der Waals surface area contributed by atoms with Crippen LogP contribution in [0.4, 0.5) is 8.78 Å². The molecule has 0 radical (unpaired) electrons. The third-order valence-electron chi connectivity index (χ3n) is 8.47. The van der Waals surface area contributed by atoms with E-state index in [1.165, 1.54) is 30.0 Å². The summed E-state index contributed by atoms with van der Waals surface area (Å²) in [6.45, 7) is 0.954. The summed E-state index contributed by atoms with van der Waals surface area (Å²) in [6.07, 6.45) is 6.00. The van der Waals surface area contributed by atoms with E-state index in [-0.39, 0.29) is 28.3 Å². The molecule has 1 N–H and O–H groups in total. The minimum atomic E-state index is -0.364. The van der Waals surface area contributed by atoms with Gasteiger partial charge in [-0.05, 0) is 74.2 Å². The number of aryl methyl sites for hydroxylation is 2. The molecule has 5 heterocycles. The molecule has 198 valence electrons. The maximum Gasteiger partial charge on any atom is 0.255 e. The first-order chi connectivity index (χ1) is 18.3. The van der Waals surface area contributed by atoms with Crippen LogP contribution in [-0.2, 0) is 24.8 Å². The maximum absolute atomic E-state index is 14.8. The molecule has 0 spiro atoms. The monoisotopic (exact) mass is 520 g/mol. The molecule has 0 amide bonds. The average Bonchev–Trinajstić information content (AvgIpc) is 2.95. The Morgan fingerprint density at radius 1 is 1.13 bits per heavy atom. The molecule has 1 aliphatic carbocycles. The second kappa shape index (κ2) is 9.39. The van der Waals surface area contributed by atoms with Crippen LogP contribution in [0.3, 0.4) is 0 Å². The number of methoxy groups -OCH3 is 1. The third kappa shape index (κ3) is 4.33. The minimum absolute atomic E-state index is 0.134. The largest absolute Gasteiger partial charge is 0.481 e. The molecule has 7 nitrogen and oxygen atoms in total. The van der Waals surface area contributed by atoms with Crippen molar-refractivity contribution in [2.75, 3.05) is 13.7 Å². The summed E-state index contributed by atoms with van der Waals surface area (Å²) in [7, 11) is 3.21. The Bertz CT molecular complexity index is 1580. The predicted molar refractivity (Wildman–Crippen MR) is 140 cm³/mol. The smallest absolute Gasteiger partial charge is 0.255 e. The second-order valence-electron chi connectivity index (χ2n) is 10.6. The normalized spacial score (nSPS) is 22.8. The van der Waals surface area contributed by atoms with Crippen LogP contribution in [0.1, 0.15) is 43.2 Å². The molecule has 1 aromatic carbocycles. The molecule has 1 saturated carbocycles. The molecule has 0 atom stereocenters. The average molecular weight is 521 g/mol. The summed E-state index contributed by atoms with van der Waals surface area (Å²) in [5.41, 5.74) is 2.30. The summed E-state index contributed by atoms with van der Waals surface area (Å²) in [5.74, 6) is -0.296. The van der Waals surface area contributed by atoms with Crippen LogP contribution in [0.25, 0.3) is 21.9 Å². The Balaban J connectivity index is 1.14. The van der Waals surface area contributed by atoms with Crippen LogP contribution in [-0.4, -0.2) is 39.4 Å². The number of fused-ring (bicyclic) bond motifs is 5. The Morgan fingerprint density at radius 2 is 1.95 bits per heavy atom. The van der Waals surface area contributed by atoms with Gasteiger partial charge in [-0.2, -0.15) is 0 Å². The summed E-state index contributed by atoms with van der Waals surface area (Å²) >= 11 is 0. The van der Waals surface area contributed by atoms with E-state index in [2.05, 4.69) is 15.3 Å². The van der Waals surface area contributed by atoms with E-state index in [4.69, 9.17) is 9.47 Å². The lowest BCUT2D eigenvalue weighted by Crippen LogP contribution is -2.61. The lowest BCUT2D eigenvalue weighted by molar-refractivity contribution is -0.165. The molecular formula is C29H30F2N4O3. The molecule has 7 rings (SSSR count). The van der Waals surface area contributed by atoms with E-state index in [0.717, 1.165) is 31.1 Å². The zero-order valence-electron chi connectivity index (χ0n) is 21.5. The molecular weight excluding hydrogens is 490 g/mol. The highest BCUT2D eigenvalue weighted by molar-refractivity contribution is 5.80. The van der Waals surface area contributed by atoms with Crippen molar-refractivity contribution < 1.29 is 18.3 Å². The van der Waals surface area contributed by atoms with E-state index in [0.29, 0.717) is 59.6 Å². The fraction of sp³-hybridized carbons (Fsp3) is 0.414. The van der Waals surface area contributed by atoms with E-state index >= 15 is 0 Å². The summed E-state index contributed by atoms with van der Waals surface area (Å²) in [5, 5.41) is 4.44. The standard InChI is InChI=1S/C29H30F2N4O3/c1-35-24-14-20(30)4-3-18(24)13-19(27(35)36)15-33-28-9-11-29(12-10-28,38-17-28)8-7-21-22(31)16-32-23-5-6-25(37-2)34-26(21)23/h3-6,13-14,16,33H,7-12,15,17H2,1-2H3. The van der Waals surface area contributed by atoms with Gasteiger partial charge in [0.15, 0.2) is 0 Å². The van der Waals surface area contributed by atoms with Gasteiger partial charge >= 0.3 is 0 Å². The lowest BCUT2D eigenvalue weighted by Gasteiger charge is -2.53. The van der Waals surface area contributed by atoms with Crippen molar-refractivity contribution >= 4 is 21.9 Å². The molecule has 2 bridgehead atoms. The first-order valence-corrected chi connectivity index (χ1v) is 13.0. The molecule has 4 aromatic rings. The molecule has 2 saturated heterocycles. The number of hydrogen-bond acceptors (Lipinski definition) is 6. The van der Waals surface area contributed by atoms with Crippen molar-refractivity contribution in [2.24, 2.45) is 7.05 Å². The molecule has 3 fully saturated rings. The number of aromatic nitrogens is 3. The van der Waals surface area contributed by atoms with Crippen LogP contribution < -0.4 is 15.6 Å². The van der Waals surface area contributed by atoms with Crippen LogP contribution in [0, 0.1) is 11.6 Å². The number of rotatable bonds is 7. The number of nitrogens with zero attached hydrogens (tertiary/aromatic N) is 3. The molecule has 3 aliphatic rings. The summed E-state index contributed by atoms with van der Waals surface area (Å²) in [6, 6.07) is 9.85. The number of halogens is 2. The number of hydrogen-bond donors (Lipinski definition) is 1. The first-order valence-electron chi connectivity index (χ1n) is 13.0. The van der Waals surface area contributed by atoms with Crippen molar-refractivity contribution in [1.82, 2.24) is 19.9 Å². The third-order valence-corrected chi connectivity index (χ3v) is 8.47. The number of benzene rings is 1. The van der Waals surface area contributed by atoms with Crippen molar-refractivity contribution in [3.63, 3.8) is 0 Å². The van der Waals surface area contributed by atoms with Crippen LogP contribution in [0.2, 0.25) is 0 Å². The topological polar surface area (TPSA) is 78.3 Å². The molecule has 38 heavy (non-hydrogen) atoms. The Hall–Kier alpha value is -3.43. The second-order valence-corrected chi connectivity index (χ2v) is 10.6. The zero-order chi connectivity index (χ0) is 26.5. The maximum atomic E-state index is 14.8. The van der Waals surface area contributed by atoms with Gasteiger partial charge in [-0.1, -0.05) is 0 Å². The van der Waals surface area contributed by atoms with Crippen LogP contribution in [0.15, 0.2) is 47.4 Å². The van der Waals surface area contributed by atoms with Gasteiger partial charge in [-0.25, -0.2) is 13.8 Å². The zero-order valence-corrected chi connectivity index (χ0v) is 21.5. The van der Waals surface area contributed by atoms with E-state index in [9.17, 15) is 13.6 Å². The van der Waals surface area contributed by atoms with E-state index < -0.39 is 0 Å². The first kappa shape index (κ1) is 24.9. The Kier molecular flexibility index (Phi) is 6.15. The molecule has 2 aliphatic heterocycles. The SMILES string of the molecule is COc1ccc2ncc(F)c(CCC34CCC(NCc5cc6ccc(F)cc6n(C)c5=O)(CC3)CO4)c2n1. The van der Waals surface area contributed by atoms with E-state index in [1.54, 1.807) is 25.2 Å². The van der Waals surface area contributed by atoms with Crippen molar-refractivity contribution in [2.45, 2.75) is 56.2 Å². The highest BCUT2D eigenvalue weighted by Gasteiger charge is 2.49. The minimum Gasteiger partial charge on any atom is -0.481 e. The van der Waals surface area contributed by atoms with Gasteiger partial charge in [-0.15, -0.1) is 0 Å². The lowest BCUT2D eigenvalue weighted by atomic mass is 9.69. The Labute approximate surface area is 218 Å². The highest BCUT2D eigenvalue weighted by Crippen LogP contribution is 2.46. The van der Waals surface area contributed by atoms with Crippen molar-refractivity contribution in [3.8, 4) is 5.88 Å². The fourth-order valence-corrected chi connectivity index (χ4v) is 6.01. The van der Waals surface area contributed by atoms with Crippen molar-refractivity contribution in [1.29, 1.82) is 0 Å². The Morgan fingerprint density at radius 3 is 2.68 bits per heavy atom. The van der Waals surface area contributed by atoms with Gasteiger partial charge in [0.25, 0.3) is 5.56 Å². The van der Waals surface area contributed by atoms with Gasteiger partial charge in [0.1, 0.15) is 11.6 Å². The van der Waals surface area contributed by atoms with Gasteiger partial charge in [-0.3, -0.25) is 9.78 Å². The molecule has 9 heteroatoms. The van der Waals surface area contributed by atoms with Crippen molar-refractivity contribution in [3.05, 3.63) is 75.7 Å². The van der Waals surface area contributed by atoms with Crippen LogP contribution in [0.5, 0.6) is 5.88 Å².